The van der Waals surface area contributed by atoms with Crippen molar-refractivity contribution in [2.45, 2.75) is 51.6 Å². The zero-order valence-electron chi connectivity index (χ0n) is 17.0. The Bertz CT molecular complexity index is 606. The number of piperidine rings is 1. The molecular formula is C21H33N3O3. The Morgan fingerprint density at radius 1 is 1.15 bits per heavy atom. The van der Waals surface area contributed by atoms with E-state index in [1.807, 2.05) is 19.0 Å². The topological polar surface area (TPSA) is 61.9 Å². The highest BCUT2D eigenvalue weighted by atomic mass is 16.5. The summed E-state index contributed by atoms with van der Waals surface area (Å²) in [6.07, 6.45) is 4.18. The molecule has 1 aromatic carbocycles. The molecule has 1 fully saturated rings. The molecule has 0 bridgehead atoms. The number of hydrogen-bond acceptors (Lipinski definition) is 4. The molecule has 6 nitrogen and oxygen atoms in total. The van der Waals surface area contributed by atoms with Crippen LogP contribution in [0, 0.1) is 0 Å². The molecule has 1 N–H and O–H groups in total. The van der Waals surface area contributed by atoms with E-state index in [4.69, 9.17) is 4.74 Å². The minimum absolute atomic E-state index is 0.0254. The number of hydrogen-bond donors (Lipinski definition) is 1. The average molecular weight is 376 g/mol. The zero-order valence-corrected chi connectivity index (χ0v) is 17.0. The number of nitrogens with one attached hydrogen (secondary N) is 1. The van der Waals surface area contributed by atoms with Gasteiger partial charge in [-0.3, -0.25) is 9.59 Å². The van der Waals surface area contributed by atoms with E-state index in [-0.39, 0.29) is 30.5 Å². The third-order valence-electron chi connectivity index (χ3n) is 5.03. The summed E-state index contributed by atoms with van der Waals surface area (Å²) in [5.74, 6) is 0.537. The Labute approximate surface area is 162 Å². The van der Waals surface area contributed by atoms with E-state index in [1.165, 1.54) is 6.42 Å². The van der Waals surface area contributed by atoms with E-state index >= 15 is 0 Å². The van der Waals surface area contributed by atoms with Crippen LogP contribution in [0.4, 0.5) is 0 Å². The van der Waals surface area contributed by atoms with Gasteiger partial charge in [0.15, 0.2) is 6.61 Å². The SMILES string of the molecule is CC1CCCC(C)N1C(=O)COc1ccc(C(=O)NCCCN(C)C)cc1. The van der Waals surface area contributed by atoms with E-state index in [2.05, 4.69) is 24.1 Å². The molecule has 1 aromatic rings. The van der Waals surface area contributed by atoms with Crippen LogP contribution < -0.4 is 10.1 Å². The maximum absolute atomic E-state index is 12.5. The lowest BCUT2D eigenvalue weighted by Gasteiger charge is -2.38. The summed E-state index contributed by atoms with van der Waals surface area (Å²) in [5.41, 5.74) is 0.594. The van der Waals surface area contributed by atoms with Gasteiger partial charge in [-0.1, -0.05) is 0 Å². The number of carbonyl (C=O) groups excluding carboxylic acids is 2. The molecule has 27 heavy (non-hydrogen) atoms. The van der Waals surface area contributed by atoms with Crippen molar-refractivity contribution in [2.75, 3.05) is 33.8 Å². The summed E-state index contributed by atoms with van der Waals surface area (Å²) < 4.78 is 5.65. The maximum atomic E-state index is 12.5. The highest BCUT2D eigenvalue weighted by Crippen LogP contribution is 2.23. The van der Waals surface area contributed by atoms with Gasteiger partial charge < -0.3 is 19.9 Å². The number of carbonyl (C=O) groups is 2. The zero-order chi connectivity index (χ0) is 19.8. The Kier molecular flexibility index (Phi) is 8.10. The molecule has 0 spiro atoms. The minimum atomic E-state index is -0.0904. The van der Waals surface area contributed by atoms with Crippen molar-refractivity contribution in [3.05, 3.63) is 29.8 Å². The molecule has 1 heterocycles. The quantitative estimate of drug-likeness (QED) is 0.710. The molecule has 2 amide bonds. The van der Waals surface area contributed by atoms with E-state index < -0.39 is 0 Å². The first-order valence-corrected chi connectivity index (χ1v) is 9.85. The van der Waals surface area contributed by atoms with Crippen molar-refractivity contribution in [1.29, 1.82) is 0 Å². The van der Waals surface area contributed by atoms with Gasteiger partial charge in [0.05, 0.1) is 0 Å². The van der Waals surface area contributed by atoms with E-state index in [9.17, 15) is 9.59 Å². The first-order chi connectivity index (χ1) is 12.9. The van der Waals surface area contributed by atoms with Gasteiger partial charge in [-0.2, -0.15) is 0 Å². The van der Waals surface area contributed by atoms with Crippen molar-refractivity contribution < 1.29 is 14.3 Å². The van der Waals surface area contributed by atoms with Crippen molar-refractivity contribution in [3.63, 3.8) is 0 Å². The van der Waals surface area contributed by atoms with E-state index in [0.717, 1.165) is 25.8 Å². The third kappa shape index (κ3) is 6.54. The highest BCUT2D eigenvalue weighted by molar-refractivity contribution is 5.94. The summed E-state index contributed by atoms with van der Waals surface area (Å²) in [4.78, 5) is 28.6. The molecule has 0 saturated carbocycles. The van der Waals surface area contributed by atoms with Gasteiger partial charge in [0.25, 0.3) is 11.8 Å². The lowest BCUT2D eigenvalue weighted by molar-refractivity contribution is -0.139. The number of likely N-dealkylation sites (tertiary alicyclic amines) is 1. The number of nitrogens with zero attached hydrogens (tertiary/aromatic N) is 2. The number of ether oxygens (including phenoxy) is 1. The van der Waals surface area contributed by atoms with Crippen LogP contribution in [-0.2, 0) is 4.79 Å². The van der Waals surface area contributed by atoms with Crippen molar-refractivity contribution in [2.24, 2.45) is 0 Å². The Hall–Kier alpha value is -2.08. The van der Waals surface area contributed by atoms with Gasteiger partial charge in [0.1, 0.15) is 5.75 Å². The predicted octanol–water partition coefficient (Wildman–Crippen LogP) is 2.54. The van der Waals surface area contributed by atoms with E-state index in [0.29, 0.717) is 17.9 Å². The Morgan fingerprint density at radius 2 is 1.78 bits per heavy atom. The minimum Gasteiger partial charge on any atom is -0.484 e. The summed E-state index contributed by atoms with van der Waals surface area (Å²) in [6.45, 7) is 5.81. The van der Waals surface area contributed by atoms with Crippen molar-refractivity contribution in [1.82, 2.24) is 15.1 Å². The molecule has 150 valence electrons. The molecule has 2 atom stereocenters. The normalized spacial score (nSPS) is 19.8. The molecule has 1 saturated heterocycles. The lowest BCUT2D eigenvalue weighted by Crippen LogP contribution is -2.49. The molecule has 0 radical (unpaired) electrons. The van der Waals surface area contributed by atoms with Gasteiger partial charge in [-0.25, -0.2) is 0 Å². The molecular weight excluding hydrogens is 342 g/mol. The second kappa shape index (κ2) is 10.3. The Morgan fingerprint density at radius 3 is 2.37 bits per heavy atom. The van der Waals surface area contributed by atoms with Gasteiger partial charge in [0.2, 0.25) is 0 Å². The molecule has 1 aliphatic rings. The van der Waals surface area contributed by atoms with Crippen LogP contribution in [0.1, 0.15) is 49.9 Å². The maximum Gasteiger partial charge on any atom is 0.260 e. The van der Waals surface area contributed by atoms with E-state index in [1.54, 1.807) is 24.3 Å². The van der Waals surface area contributed by atoms with Crippen molar-refractivity contribution in [3.8, 4) is 5.75 Å². The van der Waals surface area contributed by atoms with Gasteiger partial charge in [-0.05, 0) is 84.4 Å². The molecule has 2 rings (SSSR count). The lowest BCUT2D eigenvalue weighted by atomic mass is 9.97. The highest BCUT2D eigenvalue weighted by Gasteiger charge is 2.28. The van der Waals surface area contributed by atoms with Crippen LogP contribution in [-0.4, -0.2) is 67.5 Å². The first kappa shape index (κ1) is 21.2. The van der Waals surface area contributed by atoms with Crippen molar-refractivity contribution >= 4 is 11.8 Å². The van der Waals surface area contributed by atoms with Gasteiger partial charge in [0, 0.05) is 24.2 Å². The number of benzene rings is 1. The summed E-state index contributed by atoms with van der Waals surface area (Å²) in [5, 5.41) is 2.91. The fourth-order valence-corrected chi connectivity index (χ4v) is 3.53. The third-order valence-corrected chi connectivity index (χ3v) is 5.03. The molecule has 2 unspecified atom stereocenters. The largest absolute Gasteiger partial charge is 0.484 e. The number of amides is 2. The smallest absolute Gasteiger partial charge is 0.260 e. The van der Waals surface area contributed by atoms with Crippen LogP contribution in [0.5, 0.6) is 5.75 Å². The number of rotatable bonds is 8. The average Bonchev–Trinajstić information content (AvgIpc) is 2.63. The van der Waals surface area contributed by atoms with Crippen LogP contribution >= 0.6 is 0 Å². The molecule has 0 aromatic heterocycles. The fraction of sp³-hybridized carbons (Fsp3) is 0.619. The van der Waals surface area contributed by atoms with Gasteiger partial charge >= 0.3 is 0 Å². The Balaban J connectivity index is 1.79. The summed E-state index contributed by atoms with van der Waals surface area (Å²) in [6, 6.07) is 7.48. The van der Waals surface area contributed by atoms with Crippen LogP contribution in [0.25, 0.3) is 0 Å². The monoisotopic (exact) mass is 375 g/mol. The summed E-state index contributed by atoms with van der Waals surface area (Å²) >= 11 is 0. The van der Waals surface area contributed by atoms with Crippen LogP contribution in [0.2, 0.25) is 0 Å². The second-order valence-electron chi connectivity index (χ2n) is 7.66. The summed E-state index contributed by atoms with van der Waals surface area (Å²) in [7, 11) is 4.02. The molecule has 6 heteroatoms. The molecule has 1 aliphatic heterocycles. The standard InChI is InChI=1S/C21H33N3O3/c1-16-7-5-8-17(2)24(16)20(25)15-27-19-11-9-18(10-12-19)21(26)22-13-6-14-23(3)4/h9-12,16-17H,5-8,13-15H2,1-4H3,(H,22,26). The first-order valence-electron chi connectivity index (χ1n) is 9.85. The van der Waals surface area contributed by atoms with Crippen LogP contribution in [0.15, 0.2) is 24.3 Å². The fourth-order valence-electron chi connectivity index (χ4n) is 3.53. The predicted molar refractivity (Wildman–Crippen MR) is 107 cm³/mol. The second-order valence-corrected chi connectivity index (χ2v) is 7.66. The van der Waals surface area contributed by atoms with Gasteiger partial charge in [-0.15, -0.1) is 0 Å². The van der Waals surface area contributed by atoms with Crippen LogP contribution in [0.3, 0.4) is 0 Å². The molecule has 0 aliphatic carbocycles.